The molecule has 0 unspecified atom stereocenters. The lowest BCUT2D eigenvalue weighted by molar-refractivity contribution is 0.0678. The Morgan fingerprint density at radius 2 is 2.28 bits per heavy atom. The quantitative estimate of drug-likeness (QED) is 0.814. The minimum absolute atomic E-state index is 0.364. The first-order valence-corrected chi connectivity index (χ1v) is 5.31. The van der Waals surface area contributed by atoms with Crippen LogP contribution in [-0.2, 0) is 0 Å². The van der Waals surface area contributed by atoms with Crippen molar-refractivity contribution in [2.45, 2.75) is 13.0 Å². The van der Waals surface area contributed by atoms with Gasteiger partial charge in [0.15, 0.2) is 5.69 Å². The van der Waals surface area contributed by atoms with Crippen LogP contribution in [0.15, 0.2) is 30.6 Å². The van der Waals surface area contributed by atoms with Gasteiger partial charge in [-0.3, -0.25) is 0 Å². The average Bonchev–Trinajstić information content (AvgIpc) is 2.70. The number of halogens is 1. The third-order valence-electron chi connectivity index (χ3n) is 2.76. The van der Waals surface area contributed by atoms with Crippen LogP contribution in [0.25, 0.3) is 0 Å². The van der Waals surface area contributed by atoms with Gasteiger partial charge in [-0.2, -0.15) is 4.39 Å². The lowest BCUT2D eigenvalue weighted by Crippen LogP contribution is -2.14. The predicted octanol–water partition coefficient (Wildman–Crippen LogP) is 1.91. The largest absolute Gasteiger partial charge is 0.476 e. The first-order valence-electron chi connectivity index (χ1n) is 5.31. The number of nitrogens with two attached hydrogens (primary N) is 1. The monoisotopic (exact) mass is 249 g/mol. The standard InChI is InChI=1S/C12H12FN3O2/c1-7(8-3-2-4-9(14)5-8)16-6-15-11(13)10(16)12(17)18/h2-7H,14H2,1H3,(H,17,18)/t7-/m1/s1. The number of carboxylic acids is 1. The van der Waals surface area contributed by atoms with Crippen molar-refractivity contribution in [2.75, 3.05) is 5.73 Å². The van der Waals surface area contributed by atoms with Gasteiger partial charge in [0.25, 0.3) is 0 Å². The van der Waals surface area contributed by atoms with Crippen LogP contribution in [0, 0.1) is 5.95 Å². The Bertz CT molecular complexity index is 595. The third-order valence-corrected chi connectivity index (χ3v) is 2.76. The highest BCUT2D eigenvalue weighted by Gasteiger charge is 2.22. The number of rotatable bonds is 3. The minimum Gasteiger partial charge on any atom is -0.476 e. The summed E-state index contributed by atoms with van der Waals surface area (Å²) in [5.41, 5.74) is 6.56. The highest BCUT2D eigenvalue weighted by Crippen LogP contribution is 2.22. The second-order valence-electron chi connectivity index (χ2n) is 3.94. The maximum Gasteiger partial charge on any atom is 0.357 e. The number of imidazole rings is 1. The van der Waals surface area contributed by atoms with Crippen LogP contribution < -0.4 is 5.73 Å². The number of benzene rings is 1. The van der Waals surface area contributed by atoms with E-state index in [1.807, 2.05) is 0 Å². The molecular weight excluding hydrogens is 237 g/mol. The fraction of sp³-hybridized carbons (Fsp3) is 0.167. The number of hydrogen-bond acceptors (Lipinski definition) is 3. The fourth-order valence-corrected chi connectivity index (χ4v) is 1.81. The zero-order chi connectivity index (χ0) is 13.3. The Morgan fingerprint density at radius 1 is 1.56 bits per heavy atom. The van der Waals surface area contributed by atoms with E-state index in [1.54, 1.807) is 31.2 Å². The highest BCUT2D eigenvalue weighted by molar-refractivity contribution is 5.85. The summed E-state index contributed by atoms with van der Waals surface area (Å²) in [6.07, 6.45) is 1.17. The van der Waals surface area contributed by atoms with Gasteiger partial charge in [0.1, 0.15) is 0 Å². The van der Waals surface area contributed by atoms with Crippen molar-refractivity contribution in [1.29, 1.82) is 0 Å². The zero-order valence-corrected chi connectivity index (χ0v) is 9.67. The van der Waals surface area contributed by atoms with Crippen molar-refractivity contribution in [3.63, 3.8) is 0 Å². The number of carbonyl (C=O) groups is 1. The maximum atomic E-state index is 13.3. The van der Waals surface area contributed by atoms with Crippen molar-refractivity contribution in [3.05, 3.63) is 47.8 Å². The average molecular weight is 249 g/mol. The van der Waals surface area contributed by atoms with Crippen LogP contribution in [0.5, 0.6) is 0 Å². The number of nitrogen functional groups attached to an aromatic ring is 1. The molecule has 2 aromatic rings. The van der Waals surface area contributed by atoms with E-state index in [0.29, 0.717) is 5.69 Å². The SMILES string of the molecule is C[C@H](c1cccc(N)c1)n1cnc(F)c1C(=O)O. The van der Waals surface area contributed by atoms with E-state index in [1.165, 1.54) is 10.9 Å². The number of hydrogen-bond donors (Lipinski definition) is 2. The van der Waals surface area contributed by atoms with E-state index in [2.05, 4.69) is 4.98 Å². The minimum atomic E-state index is -1.35. The van der Waals surface area contributed by atoms with Crippen LogP contribution in [0.2, 0.25) is 0 Å². The van der Waals surface area contributed by atoms with Gasteiger partial charge in [0, 0.05) is 5.69 Å². The van der Waals surface area contributed by atoms with Gasteiger partial charge in [-0.15, -0.1) is 0 Å². The number of carboxylic acid groups (broad SMARTS) is 1. The molecule has 2 rings (SSSR count). The molecule has 5 nitrogen and oxygen atoms in total. The van der Waals surface area contributed by atoms with Crippen molar-refractivity contribution < 1.29 is 14.3 Å². The molecule has 0 aliphatic carbocycles. The van der Waals surface area contributed by atoms with Crippen LogP contribution in [0.4, 0.5) is 10.1 Å². The van der Waals surface area contributed by atoms with Crippen LogP contribution in [0.3, 0.4) is 0 Å². The lowest BCUT2D eigenvalue weighted by Gasteiger charge is -2.15. The maximum absolute atomic E-state index is 13.3. The molecule has 0 amide bonds. The molecule has 1 aromatic carbocycles. The van der Waals surface area contributed by atoms with Gasteiger partial charge in [0.05, 0.1) is 12.4 Å². The van der Waals surface area contributed by atoms with E-state index in [4.69, 9.17) is 10.8 Å². The number of anilines is 1. The first-order chi connectivity index (χ1) is 8.50. The van der Waals surface area contributed by atoms with Gasteiger partial charge in [-0.25, -0.2) is 9.78 Å². The first kappa shape index (κ1) is 12.1. The number of aromatic carboxylic acids is 1. The summed E-state index contributed by atoms with van der Waals surface area (Å²) in [6, 6.07) is 6.63. The molecule has 0 radical (unpaired) electrons. The van der Waals surface area contributed by atoms with Gasteiger partial charge < -0.3 is 15.4 Å². The van der Waals surface area contributed by atoms with Gasteiger partial charge >= 0.3 is 5.97 Å². The van der Waals surface area contributed by atoms with Crippen molar-refractivity contribution >= 4 is 11.7 Å². The summed E-state index contributed by atoms with van der Waals surface area (Å²) in [6.45, 7) is 1.75. The number of aromatic nitrogens is 2. The molecule has 0 aliphatic rings. The molecule has 3 N–H and O–H groups in total. The molecule has 0 saturated carbocycles. The van der Waals surface area contributed by atoms with Crippen molar-refractivity contribution in [1.82, 2.24) is 9.55 Å². The van der Waals surface area contributed by atoms with Crippen molar-refractivity contribution in [3.8, 4) is 0 Å². The van der Waals surface area contributed by atoms with E-state index in [0.717, 1.165) is 5.56 Å². The summed E-state index contributed by atoms with van der Waals surface area (Å²) in [5, 5.41) is 8.96. The highest BCUT2D eigenvalue weighted by atomic mass is 19.1. The number of nitrogens with zero attached hydrogens (tertiary/aromatic N) is 2. The molecule has 18 heavy (non-hydrogen) atoms. The van der Waals surface area contributed by atoms with Crippen molar-refractivity contribution in [2.24, 2.45) is 0 Å². The van der Waals surface area contributed by atoms with Gasteiger partial charge in [-0.05, 0) is 24.6 Å². The Kier molecular flexibility index (Phi) is 3.01. The molecule has 1 atom stereocenters. The molecule has 0 bridgehead atoms. The molecule has 0 aliphatic heterocycles. The molecule has 1 heterocycles. The van der Waals surface area contributed by atoms with Gasteiger partial charge in [-0.1, -0.05) is 12.1 Å². The Morgan fingerprint density at radius 3 is 2.89 bits per heavy atom. The van der Waals surface area contributed by atoms with Crippen LogP contribution in [-0.4, -0.2) is 20.6 Å². The Balaban J connectivity index is 2.46. The topological polar surface area (TPSA) is 81.1 Å². The third kappa shape index (κ3) is 2.04. The summed E-state index contributed by atoms with van der Waals surface area (Å²) >= 11 is 0. The van der Waals surface area contributed by atoms with E-state index < -0.39 is 17.6 Å². The van der Waals surface area contributed by atoms with Crippen LogP contribution >= 0.6 is 0 Å². The Hall–Kier alpha value is -2.37. The van der Waals surface area contributed by atoms with E-state index in [-0.39, 0.29) is 6.04 Å². The molecule has 6 heteroatoms. The zero-order valence-electron chi connectivity index (χ0n) is 9.67. The molecule has 0 fully saturated rings. The summed E-state index contributed by atoms with van der Waals surface area (Å²) in [5.74, 6) is -2.33. The second-order valence-corrected chi connectivity index (χ2v) is 3.94. The molecule has 1 aromatic heterocycles. The van der Waals surface area contributed by atoms with E-state index in [9.17, 15) is 9.18 Å². The Labute approximate surface area is 103 Å². The predicted molar refractivity (Wildman–Crippen MR) is 63.8 cm³/mol. The fourth-order valence-electron chi connectivity index (χ4n) is 1.81. The molecule has 94 valence electrons. The smallest absolute Gasteiger partial charge is 0.357 e. The molecule has 0 saturated heterocycles. The molecular formula is C12H12FN3O2. The summed E-state index contributed by atoms with van der Waals surface area (Å²) in [4.78, 5) is 14.4. The molecule has 0 spiro atoms. The van der Waals surface area contributed by atoms with E-state index >= 15 is 0 Å². The summed E-state index contributed by atoms with van der Waals surface area (Å²) < 4.78 is 14.5. The summed E-state index contributed by atoms with van der Waals surface area (Å²) in [7, 11) is 0. The second kappa shape index (κ2) is 4.48. The normalized spacial score (nSPS) is 12.3. The van der Waals surface area contributed by atoms with Gasteiger partial charge in [0.2, 0.25) is 5.95 Å². The lowest BCUT2D eigenvalue weighted by atomic mass is 10.1. The van der Waals surface area contributed by atoms with Crippen LogP contribution in [0.1, 0.15) is 29.0 Å².